The van der Waals surface area contributed by atoms with Gasteiger partial charge in [0.1, 0.15) is 12.2 Å². The van der Waals surface area contributed by atoms with E-state index in [1.54, 1.807) is 0 Å². The fourth-order valence-corrected chi connectivity index (χ4v) is 3.48. The quantitative estimate of drug-likeness (QED) is 0.198. The van der Waals surface area contributed by atoms with Crippen molar-refractivity contribution in [1.82, 2.24) is 25.0 Å². The van der Waals surface area contributed by atoms with Gasteiger partial charge in [0.05, 0.1) is 34.9 Å². The molecule has 1 unspecified atom stereocenters. The van der Waals surface area contributed by atoms with Crippen molar-refractivity contribution >= 4 is 28.7 Å². The number of benzene rings is 1. The van der Waals surface area contributed by atoms with E-state index in [1.165, 1.54) is 0 Å². The molecule has 3 aromatic rings. The maximum Gasteiger partial charge on any atom is 0.211 e. The molecule has 2 aliphatic rings. The number of aliphatic hydroxyl groups excluding tert-OH is 1. The number of rotatable bonds is 12. The van der Waals surface area contributed by atoms with E-state index in [0.717, 1.165) is 0 Å². The fourth-order valence-electron chi connectivity index (χ4n) is 3.07. The standard InChI is InChI=1S/C23H28F2N6O4S/c1-2-7-36-23-27-21(26-15-9-12(15)11-3-4-13(24)14(25)8-11)18-22(28-23)31(30-29-18)16-10-17(35-6-5-32)20(34)19(16)33/h3-4,8,12,15-17,19-20,32-34H,2,5-7,9-10H2,1H3,(H,26,27,28)/t12?,15-,16+,17-,19-,20+/m0/s1/i1D3,2D2,3D,4D,7D2,8D,9D2,10D2,12D,16D,17D,19D,20D,33D,34D. The molecule has 36 heavy (non-hydrogen) atoms. The van der Waals surface area contributed by atoms with Gasteiger partial charge in [-0.05, 0) is 30.4 Å². The second kappa shape index (κ2) is 10.5. The van der Waals surface area contributed by atoms with Crippen molar-refractivity contribution in [2.75, 3.05) is 24.2 Å². The maximum absolute atomic E-state index is 14.6. The Hall–Kier alpha value is -2.45. The molecule has 2 aromatic heterocycles. The van der Waals surface area contributed by atoms with Gasteiger partial charge < -0.3 is 25.4 Å². The summed E-state index contributed by atoms with van der Waals surface area (Å²) < 4.78 is 208. The van der Waals surface area contributed by atoms with Crippen LogP contribution in [0.15, 0.2) is 23.3 Å². The first kappa shape index (κ1) is 10.4. The molecule has 0 aliphatic heterocycles. The van der Waals surface area contributed by atoms with E-state index >= 15 is 0 Å². The predicted octanol–water partition coefficient (Wildman–Crippen LogP) is 2.01. The van der Waals surface area contributed by atoms with Crippen molar-refractivity contribution in [2.45, 2.75) is 67.3 Å². The zero-order valence-electron chi connectivity index (χ0n) is 38.6. The summed E-state index contributed by atoms with van der Waals surface area (Å²) in [7, 11) is 0. The van der Waals surface area contributed by atoms with E-state index < -0.39 is 139 Å². The van der Waals surface area contributed by atoms with Crippen molar-refractivity contribution in [2.24, 2.45) is 0 Å². The van der Waals surface area contributed by atoms with Gasteiger partial charge in [0, 0.05) is 40.5 Å². The lowest BCUT2D eigenvalue weighted by atomic mass is 10.1. The van der Waals surface area contributed by atoms with E-state index in [9.17, 15) is 15.3 Å². The number of fused-ring (bicyclic) bond motifs is 1. The molecule has 5 rings (SSSR count). The first-order valence-electron chi connectivity index (χ1n) is 20.2. The molecule has 2 saturated carbocycles. The van der Waals surface area contributed by atoms with Crippen LogP contribution in [0, 0.1) is 11.6 Å². The van der Waals surface area contributed by atoms with Crippen LogP contribution in [0.5, 0.6) is 0 Å². The number of aliphatic hydroxyl groups is 3. The molecule has 4 N–H and O–H groups in total. The predicted molar refractivity (Wildman–Crippen MR) is 128 cm³/mol. The molecule has 0 spiro atoms. The van der Waals surface area contributed by atoms with E-state index in [-0.39, 0.29) is 16.4 Å². The summed E-state index contributed by atoms with van der Waals surface area (Å²) in [4.78, 5) is 7.82. The van der Waals surface area contributed by atoms with Gasteiger partial charge in [0.2, 0.25) is 2.86 Å². The molecule has 6 atom stereocenters. The van der Waals surface area contributed by atoms with Crippen LogP contribution in [-0.4, -0.2) is 86.3 Å². The summed E-state index contributed by atoms with van der Waals surface area (Å²) in [5, 5.41) is 26.5. The molecule has 2 fully saturated rings. The van der Waals surface area contributed by atoms with Crippen molar-refractivity contribution < 1.29 is 54.9 Å². The van der Waals surface area contributed by atoms with Crippen LogP contribution in [0.1, 0.15) is 69.5 Å². The Bertz CT molecular complexity index is 2090. The number of nitrogens with one attached hydrogen (secondary N) is 1. The number of anilines is 1. The molecule has 0 saturated heterocycles. The summed E-state index contributed by atoms with van der Waals surface area (Å²) in [5.74, 6) is -7.76. The summed E-state index contributed by atoms with van der Waals surface area (Å²) in [6.45, 7) is -5.59. The number of thioether (sulfide) groups is 1. The molecule has 13 heteroatoms. The van der Waals surface area contributed by atoms with Gasteiger partial charge in [0.15, 0.2) is 33.8 Å². The van der Waals surface area contributed by atoms with Gasteiger partial charge in [-0.3, -0.25) is 0 Å². The minimum absolute atomic E-state index is 0.0311. The van der Waals surface area contributed by atoms with Crippen molar-refractivity contribution in [1.29, 1.82) is 2.86 Å². The third kappa shape index (κ3) is 4.90. The highest BCUT2D eigenvalue weighted by Crippen LogP contribution is 2.44. The Morgan fingerprint density at radius 2 is 2.25 bits per heavy atom. The smallest absolute Gasteiger partial charge is 0.211 e. The Balaban J connectivity index is 1.81. The van der Waals surface area contributed by atoms with Crippen LogP contribution < -0.4 is 5.32 Å². The minimum atomic E-state index is -3.96. The molecular weight excluding hydrogens is 494 g/mol. The van der Waals surface area contributed by atoms with Gasteiger partial charge in [-0.25, -0.2) is 23.4 Å². The molecule has 0 radical (unpaired) electrons. The van der Waals surface area contributed by atoms with Crippen LogP contribution in [0.25, 0.3) is 11.2 Å². The van der Waals surface area contributed by atoms with Crippen LogP contribution in [0.3, 0.4) is 0 Å². The third-order valence-electron chi connectivity index (χ3n) is 4.66. The summed E-state index contributed by atoms with van der Waals surface area (Å²) in [6, 6.07) is -10.1. The summed E-state index contributed by atoms with van der Waals surface area (Å²) in [6.07, 6.45) is -22.2. The van der Waals surface area contributed by atoms with Crippen LogP contribution in [0.4, 0.5) is 14.6 Å². The second-order valence-electron chi connectivity index (χ2n) is 6.90. The highest BCUT2D eigenvalue weighted by atomic mass is 32.2. The second-order valence-corrected chi connectivity index (χ2v) is 7.68. The maximum atomic E-state index is 14.6. The Morgan fingerprint density at radius 3 is 3.06 bits per heavy atom. The number of hydrogen-bond acceptors (Lipinski definition) is 10. The normalized spacial score (nSPS) is 50.2. The molecule has 1 aromatic carbocycles. The minimum Gasteiger partial charge on any atom is -0.394 e. The molecule has 2 aliphatic carbocycles. The van der Waals surface area contributed by atoms with Gasteiger partial charge in [-0.1, -0.05) is 29.9 Å². The SMILES string of the molecule is [2H]O[C@@]1([2H])[C@@]([2H])(O[2H])[C@]([2H])(n2nnc3c(N[C@H]4C([2H])([2H])C4([2H])c4c([2H])c([2H])c(F)c(F)c4[2H])nc(SC([2H])([2H])C([2H])([2H])C([2H])([2H])[2H])nc32)C([2H])([2H])[C@]1([2H])OCCO. The zero-order chi connectivity index (χ0) is 43.7. The average molecular weight is 544 g/mol. The number of hydrogen-bond donors (Lipinski definition) is 4. The molecule has 0 amide bonds. The van der Waals surface area contributed by atoms with Gasteiger partial charge >= 0.3 is 0 Å². The van der Waals surface area contributed by atoms with Gasteiger partial charge in [-0.15, -0.1) is 5.10 Å². The number of nitrogens with zero attached hydrogens (tertiary/aromatic N) is 5. The topological polar surface area (TPSA) is 138 Å². The van der Waals surface area contributed by atoms with Crippen LogP contribution >= 0.6 is 11.8 Å². The fraction of sp³-hybridized carbons (Fsp3) is 0.565. The Kier molecular flexibility index (Phi) is 3.02. The van der Waals surface area contributed by atoms with E-state index in [4.69, 9.17) is 32.3 Å². The molecule has 0 bridgehead atoms. The lowest BCUT2D eigenvalue weighted by Gasteiger charge is -2.17. The van der Waals surface area contributed by atoms with E-state index in [2.05, 4.69) is 35.8 Å². The Morgan fingerprint density at radius 1 is 1.36 bits per heavy atom. The number of aromatic nitrogens is 5. The largest absolute Gasteiger partial charge is 0.394 e. The van der Waals surface area contributed by atoms with Crippen molar-refractivity contribution in [3.8, 4) is 0 Å². The van der Waals surface area contributed by atoms with Crippen molar-refractivity contribution in [3.63, 3.8) is 0 Å². The van der Waals surface area contributed by atoms with Crippen molar-refractivity contribution in [3.05, 3.63) is 35.3 Å². The highest BCUT2D eigenvalue weighted by molar-refractivity contribution is 7.99. The monoisotopic (exact) mass is 543 g/mol. The van der Waals surface area contributed by atoms with Gasteiger partial charge in [-0.2, -0.15) is 0 Å². The average Bonchev–Trinajstić information content (AvgIpc) is 3.36. The van der Waals surface area contributed by atoms with E-state index in [1.807, 2.05) is 0 Å². The lowest BCUT2D eigenvalue weighted by molar-refractivity contribution is -0.0629. The highest BCUT2D eigenvalue weighted by Gasteiger charge is 2.45. The molecular formula is C23H28F2N6O4S. The summed E-state index contributed by atoms with van der Waals surface area (Å²) in [5.41, 5.74) is -6.57. The zero-order valence-corrected chi connectivity index (χ0v) is 18.4. The van der Waals surface area contributed by atoms with Gasteiger partial charge in [0.25, 0.3) is 0 Å². The lowest BCUT2D eigenvalue weighted by Crippen LogP contribution is -2.33. The van der Waals surface area contributed by atoms with Crippen LogP contribution in [0.2, 0.25) is 0 Å². The number of ether oxygens (including phenoxy) is 1. The molecule has 194 valence electrons. The number of halogens is 2. The Labute approximate surface area is 239 Å². The first-order chi connectivity index (χ1) is 25.8. The first-order valence-corrected chi connectivity index (χ1v) is 10.7. The van der Waals surface area contributed by atoms with Crippen LogP contribution in [-0.2, 0) is 4.74 Å². The molecule has 2 heterocycles. The molecule has 10 nitrogen and oxygen atoms in total. The third-order valence-corrected chi connectivity index (χ3v) is 5.23. The van der Waals surface area contributed by atoms with E-state index in [0.29, 0.717) is 0 Å². The summed E-state index contributed by atoms with van der Waals surface area (Å²) >= 11 is -0.364.